The number of amides is 1. The van der Waals surface area contributed by atoms with Gasteiger partial charge in [-0.15, -0.1) is 0 Å². The molecule has 0 unspecified atom stereocenters. The van der Waals surface area contributed by atoms with E-state index in [1.165, 1.54) is 17.8 Å². The Balaban J connectivity index is 1.86. The van der Waals surface area contributed by atoms with Gasteiger partial charge in [0.25, 0.3) is 5.91 Å². The summed E-state index contributed by atoms with van der Waals surface area (Å²) in [5.41, 5.74) is 4.65. The predicted molar refractivity (Wildman–Crippen MR) is 124 cm³/mol. The summed E-state index contributed by atoms with van der Waals surface area (Å²) in [6.07, 6.45) is 2.54. The van der Waals surface area contributed by atoms with Crippen LogP contribution in [-0.4, -0.2) is 30.4 Å². The molecule has 0 radical (unpaired) electrons. The van der Waals surface area contributed by atoms with Gasteiger partial charge in [-0.2, -0.15) is 5.10 Å². The number of ether oxygens (including phenoxy) is 2. The molecule has 6 nitrogen and oxygen atoms in total. The lowest BCUT2D eigenvalue weighted by Crippen LogP contribution is -2.25. The minimum atomic E-state index is -0.364. The van der Waals surface area contributed by atoms with Gasteiger partial charge in [-0.05, 0) is 65.6 Å². The molecule has 0 aliphatic carbocycles. The molecule has 0 saturated carbocycles. The number of phenolic OH excluding ortho intramolecular Hbond substituents is 1. The summed E-state index contributed by atoms with van der Waals surface area (Å²) < 4.78 is 10.9. The van der Waals surface area contributed by atoms with E-state index in [1.807, 2.05) is 19.1 Å². The Morgan fingerprint density at radius 2 is 1.74 bits per heavy atom. The minimum absolute atomic E-state index is 0.0547. The van der Waals surface area contributed by atoms with Crippen molar-refractivity contribution in [2.24, 2.45) is 10.5 Å². The zero-order chi connectivity index (χ0) is 23.1. The van der Waals surface area contributed by atoms with Gasteiger partial charge in [0.05, 0.1) is 12.8 Å². The number of rotatable bonds is 9. The van der Waals surface area contributed by atoms with Crippen molar-refractivity contribution in [1.82, 2.24) is 5.43 Å². The Kier molecular flexibility index (Phi) is 8.08. The van der Waals surface area contributed by atoms with Crippen LogP contribution in [0.4, 0.5) is 0 Å². The molecular weight excluding hydrogens is 392 g/mol. The summed E-state index contributed by atoms with van der Waals surface area (Å²) in [6, 6.07) is 12.7. The van der Waals surface area contributed by atoms with Gasteiger partial charge in [0.2, 0.25) is 0 Å². The third-order valence-corrected chi connectivity index (χ3v) is 4.66. The molecular formula is C25H34N2O4. The zero-order valence-corrected chi connectivity index (χ0v) is 19.4. The molecule has 0 aliphatic rings. The Labute approximate surface area is 185 Å². The summed E-state index contributed by atoms with van der Waals surface area (Å²) in [4.78, 5) is 12.0. The van der Waals surface area contributed by atoms with E-state index in [9.17, 15) is 9.90 Å². The van der Waals surface area contributed by atoms with Crippen molar-refractivity contribution in [3.63, 3.8) is 0 Å². The van der Waals surface area contributed by atoms with E-state index in [0.717, 1.165) is 6.42 Å². The first kappa shape index (κ1) is 24.3. The number of hydrogen-bond acceptors (Lipinski definition) is 5. The van der Waals surface area contributed by atoms with Crippen molar-refractivity contribution < 1.29 is 19.4 Å². The summed E-state index contributed by atoms with van der Waals surface area (Å²) in [7, 11) is 0. The largest absolute Gasteiger partial charge is 0.504 e. The van der Waals surface area contributed by atoms with E-state index in [0.29, 0.717) is 23.7 Å². The molecule has 2 N–H and O–H groups in total. The molecule has 0 saturated heterocycles. The van der Waals surface area contributed by atoms with Crippen LogP contribution in [0.5, 0.6) is 17.2 Å². The highest BCUT2D eigenvalue weighted by Crippen LogP contribution is 2.36. The van der Waals surface area contributed by atoms with Crippen LogP contribution in [0.3, 0.4) is 0 Å². The van der Waals surface area contributed by atoms with Gasteiger partial charge in [-0.3, -0.25) is 4.79 Å². The Morgan fingerprint density at radius 1 is 1.06 bits per heavy atom. The molecule has 1 amide bonds. The van der Waals surface area contributed by atoms with Gasteiger partial charge >= 0.3 is 0 Å². The van der Waals surface area contributed by atoms with Gasteiger partial charge < -0.3 is 14.6 Å². The fourth-order valence-electron chi connectivity index (χ4n) is 3.67. The molecule has 2 aromatic carbocycles. The van der Waals surface area contributed by atoms with Crippen LogP contribution in [0.1, 0.15) is 59.1 Å². The van der Waals surface area contributed by atoms with E-state index in [1.54, 1.807) is 12.1 Å². The van der Waals surface area contributed by atoms with Gasteiger partial charge in [-0.1, -0.05) is 46.8 Å². The summed E-state index contributed by atoms with van der Waals surface area (Å²) >= 11 is 0. The number of hydrazone groups is 1. The highest BCUT2D eigenvalue weighted by Gasteiger charge is 2.27. The number of carbonyl (C=O) groups is 1. The molecule has 0 spiro atoms. The highest BCUT2D eigenvalue weighted by atomic mass is 16.5. The van der Waals surface area contributed by atoms with E-state index < -0.39 is 0 Å². The summed E-state index contributed by atoms with van der Waals surface area (Å²) in [5, 5.41) is 13.6. The molecule has 0 aromatic heterocycles. The molecule has 6 heteroatoms. The molecule has 31 heavy (non-hydrogen) atoms. The van der Waals surface area contributed by atoms with Crippen LogP contribution >= 0.6 is 0 Å². The molecule has 0 heterocycles. The molecule has 0 atom stereocenters. The van der Waals surface area contributed by atoms with Crippen LogP contribution < -0.4 is 14.9 Å². The molecule has 0 aliphatic heterocycles. The molecule has 2 rings (SSSR count). The number of phenols is 1. The van der Waals surface area contributed by atoms with Crippen molar-refractivity contribution in [2.75, 3.05) is 13.2 Å². The predicted octanol–water partition coefficient (Wildman–Crippen LogP) is 5.03. The topological polar surface area (TPSA) is 80.2 Å². The second-order valence-electron chi connectivity index (χ2n) is 9.39. The lowest BCUT2D eigenvalue weighted by atomic mass is 9.72. The van der Waals surface area contributed by atoms with E-state index in [-0.39, 0.29) is 29.1 Å². The second kappa shape index (κ2) is 10.3. The fourth-order valence-corrected chi connectivity index (χ4v) is 3.67. The monoisotopic (exact) mass is 426 g/mol. The maximum Gasteiger partial charge on any atom is 0.277 e. The number of aromatic hydroxyl groups is 1. The third-order valence-electron chi connectivity index (χ3n) is 4.66. The van der Waals surface area contributed by atoms with Crippen molar-refractivity contribution in [2.45, 2.75) is 53.4 Å². The van der Waals surface area contributed by atoms with Crippen molar-refractivity contribution in [3.05, 3.63) is 53.6 Å². The molecule has 0 fully saturated rings. The average molecular weight is 427 g/mol. The van der Waals surface area contributed by atoms with Crippen molar-refractivity contribution >= 4 is 12.1 Å². The number of hydrogen-bond donors (Lipinski definition) is 2. The first-order chi connectivity index (χ1) is 14.5. The first-order valence-electron chi connectivity index (χ1n) is 10.5. The van der Waals surface area contributed by atoms with Crippen LogP contribution in [-0.2, 0) is 10.2 Å². The first-order valence-corrected chi connectivity index (χ1v) is 10.5. The van der Waals surface area contributed by atoms with Gasteiger partial charge in [0, 0.05) is 0 Å². The Morgan fingerprint density at radius 3 is 2.35 bits per heavy atom. The number of carbonyl (C=O) groups excluding carboxylic acids is 1. The third kappa shape index (κ3) is 7.96. The van der Waals surface area contributed by atoms with Gasteiger partial charge in [-0.25, -0.2) is 5.43 Å². The lowest BCUT2D eigenvalue weighted by molar-refractivity contribution is -0.123. The van der Waals surface area contributed by atoms with E-state index in [2.05, 4.69) is 57.3 Å². The van der Waals surface area contributed by atoms with E-state index in [4.69, 9.17) is 9.47 Å². The SMILES string of the molecule is CCOc1cc(C=NNC(=O)COc2ccc(C(C)(C)CC(C)(C)C)cc2)ccc1O. The highest BCUT2D eigenvalue weighted by molar-refractivity contribution is 5.83. The molecule has 168 valence electrons. The van der Waals surface area contributed by atoms with Crippen molar-refractivity contribution in [3.8, 4) is 17.2 Å². The fraction of sp³-hybridized carbons (Fsp3) is 0.440. The Hall–Kier alpha value is -3.02. The Bertz CT molecular complexity index is 897. The maximum atomic E-state index is 12.0. The smallest absolute Gasteiger partial charge is 0.277 e. The van der Waals surface area contributed by atoms with Crippen molar-refractivity contribution in [1.29, 1.82) is 0 Å². The van der Waals surface area contributed by atoms with Crippen LogP contribution in [0.15, 0.2) is 47.6 Å². The quantitative estimate of drug-likeness (QED) is 0.435. The lowest BCUT2D eigenvalue weighted by Gasteiger charge is -2.33. The van der Waals surface area contributed by atoms with Crippen LogP contribution in [0, 0.1) is 5.41 Å². The standard InChI is InChI=1S/C25H34N2O4/c1-7-30-22-14-18(8-13-21(22)28)15-26-27-23(29)16-31-20-11-9-19(10-12-20)25(5,6)17-24(2,3)4/h8-15,28H,7,16-17H2,1-6H3,(H,27,29). The summed E-state index contributed by atoms with van der Waals surface area (Å²) in [5.74, 6) is 0.700. The number of benzene rings is 2. The van der Waals surface area contributed by atoms with E-state index >= 15 is 0 Å². The maximum absolute atomic E-state index is 12.0. The van der Waals surface area contributed by atoms with Gasteiger partial charge in [0.15, 0.2) is 18.1 Å². The normalized spacial score (nSPS) is 12.1. The zero-order valence-electron chi connectivity index (χ0n) is 19.4. The van der Waals surface area contributed by atoms with Gasteiger partial charge in [0.1, 0.15) is 5.75 Å². The second-order valence-corrected chi connectivity index (χ2v) is 9.39. The number of nitrogens with one attached hydrogen (secondary N) is 1. The average Bonchev–Trinajstić information content (AvgIpc) is 2.67. The summed E-state index contributed by atoms with van der Waals surface area (Å²) in [6.45, 7) is 13.3. The number of nitrogens with zero attached hydrogens (tertiary/aromatic N) is 1. The van der Waals surface area contributed by atoms with Crippen LogP contribution in [0.25, 0.3) is 0 Å². The molecule has 2 aromatic rings. The minimum Gasteiger partial charge on any atom is -0.504 e. The molecule has 0 bridgehead atoms. The van der Waals surface area contributed by atoms with Crippen LogP contribution in [0.2, 0.25) is 0 Å².